The van der Waals surface area contributed by atoms with E-state index in [1.807, 2.05) is 48.5 Å². The maximum Gasteiger partial charge on any atom is 0.193 e. The van der Waals surface area contributed by atoms with Crippen molar-refractivity contribution in [3.63, 3.8) is 0 Å². The van der Waals surface area contributed by atoms with Crippen molar-refractivity contribution in [2.24, 2.45) is 5.73 Å². The maximum absolute atomic E-state index is 12.7. The van der Waals surface area contributed by atoms with Crippen LogP contribution in [0, 0.1) is 0 Å². The van der Waals surface area contributed by atoms with Gasteiger partial charge in [-0.2, -0.15) is 0 Å². The number of nitrogens with two attached hydrogens (primary N) is 1. The molecule has 0 aromatic heterocycles. The van der Waals surface area contributed by atoms with Crippen LogP contribution in [0.3, 0.4) is 0 Å². The van der Waals surface area contributed by atoms with Gasteiger partial charge in [0.15, 0.2) is 5.78 Å². The molecule has 3 nitrogen and oxygen atoms in total. The van der Waals surface area contributed by atoms with Gasteiger partial charge in [0.05, 0.1) is 6.10 Å². The van der Waals surface area contributed by atoms with Crippen molar-refractivity contribution in [2.75, 3.05) is 6.54 Å². The molecule has 0 atom stereocenters. The Morgan fingerprint density at radius 1 is 1.14 bits per heavy atom. The van der Waals surface area contributed by atoms with Gasteiger partial charge in [0, 0.05) is 11.1 Å². The Kier molecular flexibility index (Phi) is 4.02. The van der Waals surface area contributed by atoms with Gasteiger partial charge in [0.2, 0.25) is 0 Å². The van der Waals surface area contributed by atoms with Crippen LogP contribution in [0.2, 0.25) is 0 Å². The molecular weight excluding hydrogens is 262 g/mol. The van der Waals surface area contributed by atoms with Crippen molar-refractivity contribution in [1.82, 2.24) is 0 Å². The third kappa shape index (κ3) is 3.31. The molecule has 0 amide bonds. The summed E-state index contributed by atoms with van der Waals surface area (Å²) in [6, 6.07) is 15.1. The zero-order chi connectivity index (χ0) is 14.7. The lowest BCUT2D eigenvalue weighted by atomic mass is 9.96. The highest BCUT2D eigenvalue weighted by atomic mass is 16.5. The highest BCUT2D eigenvalue weighted by Crippen LogP contribution is 2.27. The summed E-state index contributed by atoms with van der Waals surface area (Å²) < 4.78 is 5.76. The first-order valence-corrected chi connectivity index (χ1v) is 7.37. The summed E-state index contributed by atoms with van der Waals surface area (Å²) in [5.41, 5.74) is 8.01. The van der Waals surface area contributed by atoms with E-state index in [0.717, 1.165) is 29.7 Å². The fraction of sp³-hybridized carbons (Fsp3) is 0.278. The number of ketones is 1. The van der Waals surface area contributed by atoms with Crippen LogP contribution in [0.4, 0.5) is 0 Å². The molecule has 0 unspecified atom stereocenters. The van der Waals surface area contributed by atoms with Crippen LogP contribution in [0.5, 0.6) is 5.75 Å². The SMILES string of the molecule is NCCc1ccccc1C(=O)c1cccc(OC2CC2)c1. The Labute approximate surface area is 124 Å². The quantitative estimate of drug-likeness (QED) is 0.828. The number of benzene rings is 2. The minimum absolute atomic E-state index is 0.0281. The van der Waals surface area contributed by atoms with E-state index >= 15 is 0 Å². The number of carbonyl (C=O) groups is 1. The zero-order valence-corrected chi connectivity index (χ0v) is 11.9. The Morgan fingerprint density at radius 2 is 1.95 bits per heavy atom. The van der Waals surface area contributed by atoms with Crippen molar-refractivity contribution in [3.8, 4) is 5.75 Å². The molecule has 0 aliphatic heterocycles. The van der Waals surface area contributed by atoms with Gasteiger partial charge in [-0.05, 0) is 43.5 Å². The van der Waals surface area contributed by atoms with Gasteiger partial charge in [-0.3, -0.25) is 4.79 Å². The van der Waals surface area contributed by atoms with Crippen LogP contribution in [0.25, 0.3) is 0 Å². The summed E-state index contributed by atoms with van der Waals surface area (Å²) in [5.74, 6) is 0.806. The van der Waals surface area contributed by atoms with E-state index in [9.17, 15) is 4.79 Å². The largest absolute Gasteiger partial charge is 0.490 e. The van der Waals surface area contributed by atoms with E-state index in [4.69, 9.17) is 10.5 Å². The van der Waals surface area contributed by atoms with Crippen LogP contribution in [-0.2, 0) is 6.42 Å². The smallest absolute Gasteiger partial charge is 0.193 e. The fourth-order valence-electron chi connectivity index (χ4n) is 2.36. The van der Waals surface area contributed by atoms with Gasteiger partial charge in [-0.25, -0.2) is 0 Å². The first kappa shape index (κ1) is 13.8. The minimum atomic E-state index is 0.0281. The average Bonchev–Trinajstić information content (AvgIpc) is 3.32. The second kappa shape index (κ2) is 6.10. The van der Waals surface area contributed by atoms with Gasteiger partial charge in [-0.1, -0.05) is 36.4 Å². The number of hydrogen-bond donors (Lipinski definition) is 1. The van der Waals surface area contributed by atoms with Crippen molar-refractivity contribution in [2.45, 2.75) is 25.4 Å². The molecule has 2 aromatic rings. The highest BCUT2D eigenvalue weighted by Gasteiger charge is 2.23. The van der Waals surface area contributed by atoms with Crippen molar-refractivity contribution in [3.05, 3.63) is 65.2 Å². The predicted octanol–water partition coefficient (Wildman–Crippen LogP) is 2.96. The molecule has 2 N–H and O–H groups in total. The monoisotopic (exact) mass is 281 g/mol. The van der Waals surface area contributed by atoms with E-state index in [1.165, 1.54) is 0 Å². The maximum atomic E-state index is 12.7. The number of carbonyl (C=O) groups excluding carboxylic acids is 1. The zero-order valence-electron chi connectivity index (χ0n) is 11.9. The summed E-state index contributed by atoms with van der Waals surface area (Å²) in [7, 11) is 0. The van der Waals surface area contributed by atoms with E-state index in [1.54, 1.807) is 0 Å². The number of rotatable bonds is 6. The second-order valence-corrected chi connectivity index (χ2v) is 5.37. The topological polar surface area (TPSA) is 52.3 Å². The molecule has 1 fully saturated rings. The molecule has 108 valence electrons. The standard InChI is InChI=1S/C18H19NO2/c19-11-10-13-4-1-2-7-17(13)18(20)14-5-3-6-16(12-14)21-15-8-9-15/h1-7,12,15H,8-11,19H2. The molecule has 0 spiro atoms. The van der Waals surface area contributed by atoms with Crippen LogP contribution < -0.4 is 10.5 Å². The Hall–Kier alpha value is -2.13. The minimum Gasteiger partial charge on any atom is -0.490 e. The summed E-state index contributed by atoms with van der Waals surface area (Å²) >= 11 is 0. The molecule has 0 radical (unpaired) electrons. The molecule has 0 saturated heterocycles. The fourth-order valence-corrected chi connectivity index (χ4v) is 2.36. The van der Waals surface area contributed by atoms with Crippen molar-refractivity contribution < 1.29 is 9.53 Å². The molecule has 1 aliphatic carbocycles. The Bertz CT molecular complexity index is 647. The van der Waals surface area contributed by atoms with E-state index < -0.39 is 0 Å². The number of hydrogen-bond acceptors (Lipinski definition) is 3. The third-order valence-corrected chi connectivity index (χ3v) is 3.60. The summed E-state index contributed by atoms with van der Waals surface area (Å²) in [5, 5.41) is 0. The third-order valence-electron chi connectivity index (χ3n) is 3.60. The normalized spacial score (nSPS) is 14.0. The molecular formula is C18H19NO2. The molecule has 3 rings (SSSR count). The van der Waals surface area contributed by atoms with Gasteiger partial charge in [0.25, 0.3) is 0 Å². The Morgan fingerprint density at radius 3 is 2.71 bits per heavy atom. The van der Waals surface area contributed by atoms with Gasteiger partial charge < -0.3 is 10.5 Å². The van der Waals surface area contributed by atoms with E-state index in [-0.39, 0.29) is 5.78 Å². The van der Waals surface area contributed by atoms with Crippen molar-refractivity contribution >= 4 is 5.78 Å². The molecule has 1 aliphatic rings. The predicted molar refractivity (Wildman–Crippen MR) is 82.7 cm³/mol. The number of ether oxygens (including phenoxy) is 1. The van der Waals surface area contributed by atoms with Crippen LogP contribution in [0.1, 0.15) is 34.3 Å². The lowest BCUT2D eigenvalue weighted by Crippen LogP contribution is -2.10. The van der Waals surface area contributed by atoms with E-state index in [2.05, 4.69) is 0 Å². The Balaban J connectivity index is 1.87. The van der Waals surface area contributed by atoms with E-state index in [0.29, 0.717) is 24.6 Å². The molecule has 3 heteroatoms. The highest BCUT2D eigenvalue weighted by molar-refractivity contribution is 6.10. The van der Waals surface area contributed by atoms with Gasteiger partial charge in [-0.15, -0.1) is 0 Å². The first-order chi connectivity index (χ1) is 10.3. The lowest BCUT2D eigenvalue weighted by molar-refractivity contribution is 0.103. The molecule has 2 aromatic carbocycles. The molecule has 0 bridgehead atoms. The molecule has 1 saturated carbocycles. The average molecular weight is 281 g/mol. The molecule has 0 heterocycles. The van der Waals surface area contributed by atoms with Gasteiger partial charge >= 0.3 is 0 Å². The molecule has 21 heavy (non-hydrogen) atoms. The summed E-state index contributed by atoms with van der Waals surface area (Å²) in [6.45, 7) is 0.537. The lowest BCUT2D eigenvalue weighted by Gasteiger charge is -2.09. The summed E-state index contributed by atoms with van der Waals surface area (Å²) in [6.07, 6.45) is 3.26. The summed E-state index contributed by atoms with van der Waals surface area (Å²) in [4.78, 5) is 12.7. The van der Waals surface area contributed by atoms with Crippen LogP contribution in [-0.4, -0.2) is 18.4 Å². The van der Waals surface area contributed by atoms with Gasteiger partial charge in [0.1, 0.15) is 5.75 Å². The van der Waals surface area contributed by atoms with Crippen molar-refractivity contribution in [1.29, 1.82) is 0 Å². The first-order valence-electron chi connectivity index (χ1n) is 7.37. The van der Waals surface area contributed by atoms with Crippen LogP contribution in [0.15, 0.2) is 48.5 Å². The van der Waals surface area contributed by atoms with Crippen LogP contribution >= 0.6 is 0 Å². The second-order valence-electron chi connectivity index (χ2n) is 5.37.